The maximum atomic E-state index is 12.4. The molecule has 0 bridgehead atoms. The van der Waals surface area contributed by atoms with Gasteiger partial charge in [-0.3, -0.25) is 0 Å². The van der Waals surface area contributed by atoms with Crippen molar-refractivity contribution < 1.29 is 13.5 Å². The lowest BCUT2D eigenvalue weighted by molar-refractivity contribution is 0.101. The van der Waals surface area contributed by atoms with E-state index < -0.39 is 16.1 Å². The summed E-state index contributed by atoms with van der Waals surface area (Å²) in [7, 11) is -3.56. The standard InChI is InChI=1S/C14H21NO3S/c1-10-7-8-11(2)14(9-10)19(17,18)15-12-5-3-4-6-13(12)16/h7-9,12-13,15-16H,3-6H2,1-2H3/t12-,13-/m1/s1. The molecule has 1 fully saturated rings. The molecule has 2 N–H and O–H groups in total. The van der Waals surface area contributed by atoms with E-state index in [0.29, 0.717) is 17.7 Å². The predicted molar refractivity (Wildman–Crippen MR) is 74.5 cm³/mol. The molecule has 0 saturated heterocycles. The van der Waals surface area contributed by atoms with E-state index in [2.05, 4.69) is 4.72 Å². The topological polar surface area (TPSA) is 66.4 Å². The van der Waals surface area contributed by atoms with Crippen LogP contribution in [0.4, 0.5) is 0 Å². The number of nitrogens with one attached hydrogen (secondary N) is 1. The van der Waals surface area contributed by atoms with E-state index >= 15 is 0 Å². The van der Waals surface area contributed by atoms with Crippen molar-refractivity contribution in [2.75, 3.05) is 0 Å². The highest BCUT2D eigenvalue weighted by Gasteiger charge is 2.28. The molecule has 0 heterocycles. The van der Waals surface area contributed by atoms with E-state index in [1.807, 2.05) is 13.0 Å². The number of aliphatic hydroxyl groups excluding tert-OH is 1. The quantitative estimate of drug-likeness (QED) is 0.890. The van der Waals surface area contributed by atoms with Gasteiger partial charge in [0.1, 0.15) is 0 Å². The fourth-order valence-corrected chi connectivity index (χ4v) is 4.14. The molecular weight excluding hydrogens is 262 g/mol. The Morgan fingerprint density at radius 2 is 1.89 bits per heavy atom. The predicted octanol–water partition coefficient (Wildman–Crippen LogP) is 1.89. The minimum absolute atomic E-state index is 0.310. The summed E-state index contributed by atoms with van der Waals surface area (Å²) in [6.07, 6.45) is 2.71. The van der Waals surface area contributed by atoms with Gasteiger partial charge in [0.15, 0.2) is 0 Å². The number of hydrogen-bond acceptors (Lipinski definition) is 3. The molecule has 0 amide bonds. The summed E-state index contributed by atoms with van der Waals surface area (Å²) in [5.41, 5.74) is 1.64. The van der Waals surface area contributed by atoms with Gasteiger partial charge in [0.25, 0.3) is 0 Å². The third-order valence-corrected chi connectivity index (χ3v) is 5.30. The van der Waals surface area contributed by atoms with Crippen molar-refractivity contribution in [1.82, 2.24) is 4.72 Å². The fourth-order valence-electron chi connectivity index (χ4n) is 2.51. The Kier molecular flexibility index (Phi) is 4.28. The number of hydrogen-bond donors (Lipinski definition) is 2. The Labute approximate surface area is 114 Å². The highest BCUT2D eigenvalue weighted by atomic mass is 32.2. The van der Waals surface area contributed by atoms with Crippen LogP contribution in [0.1, 0.15) is 36.8 Å². The van der Waals surface area contributed by atoms with Crippen molar-refractivity contribution in [2.45, 2.75) is 56.6 Å². The Morgan fingerprint density at radius 3 is 2.58 bits per heavy atom. The number of aliphatic hydroxyl groups is 1. The zero-order valence-corrected chi connectivity index (χ0v) is 12.2. The smallest absolute Gasteiger partial charge is 0.241 e. The molecule has 2 rings (SSSR count). The fraction of sp³-hybridized carbons (Fsp3) is 0.571. The SMILES string of the molecule is Cc1ccc(C)c(S(=O)(=O)N[C@@H]2CCCC[C@H]2O)c1. The van der Waals surface area contributed by atoms with Gasteiger partial charge in [0.05, 0.1) is 11.0 Å². The van der Waals surface area contributed by atoms with Crippen LogP contribution < -0.4 is 4.72 Å². The summed E-state index contributed by atoms with van der Waals surface area (Å²) < 4.78 is 27.4. The lowest BCUT2D eigenvalue weighted by Crippen LogP contribution is -2.45. The highest BCUT2D eigenvalue weighted by molar-refractivity contribution is 7.89. The Morgan fingerprint density at radius 1 is 1.21 bits per heavy atom. The van der Waals surface area contributed by atoms with E-state index in [1.54, 1.807) is 19.1 Å². The van der Waals surface area contributed by atoms with Gasteiger partial charge in [0, 0.05) is 6.04 Å². The Bertz CT molecular complexity index is 554. The van der Waals surface area contributed by atoms with Crippen LogP contribution >= 0.6 is 0 Å². The largest absolute Gasteiger partial charge is 0.391 e. The van der Waals surface area contributed by atoms with Gasteiger partial charge in [-0.2, -0.15) is 0 Å². The Balaban J connectivity index is 2.24. The molecule has 106 valence electrons. The normalized spacial score (nSPS) is 24.4. The van der Waals surface area contributed by atoms with E-state index in [9.17, 15) is 13.5 Å². The van der Waals surface area contributed by atoms with E-state index in [1.165, 1.54) is 0 Å². The van der Waals surface area contributed by atoms with Crippen LogP contribution in [0.5, 0.6) is 0 Å². The second kappa shape index (κ2) is 5.61. The first-order valence-corrected chi connectivity index (χ1v) is 8.16. The summed E-state index contributed by atoms with van der Waals surface area (Å²) in [6, 6.07) is 5.01. The van der Waals surface area contributed by atoms with Crippen molar-refractivity contribution in [3.05, 3.63) is 29.3 Å². The first kappa shape index (κ1) is 14.5. The summed E-state index contributed by atoms with van der Waals surface area (Å²) >= 11 is 0. The van der Waals surface area contributed by atoms with Crippen molar-refractivity contribution in [2.24, 2.45) is 0 Å². The first-order valence-electron chi connectivity index (χ1n) is 6.68. The summed E-state index contributed by atoms with van der Waals surface area (Å²) in [4.78, 5) is 0.310. The second-order valence-electron chi connectivity index (χ2n) is 5.35. The Hall–Kier alpha value is -0.910. The van der Waals surface area contributed by atoms with E-state index in [0.717, 1.165) is 24.0 Å². The maximum absolute atomic E-state index is 12.4. The third-order valence-electron chi connectivity index (χ3n) is 3.67. The first-order chi connectivity index (χ1) is 8.90. The van der Waals surface area contributed by atoms with Crippen LogP contribution in [-0.2, 0) is 10.0 Å². The van der Waals surface area contributed by atoms with Crippen molar-refractivity contribution in [3.63, 3.8) is 0 Å². The molecule has 1 aliphatic rings. The average Bonchev–Trinajstić information content (AvgIpc) is 2.35. The summed E-state index contributed by atoms with van der Waals surface area (Å²) in [5, 5.41) is 9.88. The third kappa shape index (κ3) is 3.35. The molecular formula is C14H21NO3S. The minimum Gasteiger partial charge on any atom is -0.391 e. The van der Waals surface area contributed by atoms with Crippen molar-refractivity contribution in [3.8, 4) is 0 Å². The van der Waals surface area contributed by atoms with Crippen LogP contribution in [-0.4, -0.2) is 25.7 Å². The zero-order valence-electron chi connectivity index (χ0n) is 11.4. The highest BCUT2D eigenvalue weighted by Crippen LogP contribution is 2.22. The van der Waals surface area contributed by atoms with Gasteiger partial charge in [-0.15, -0.1) is 0 Å². The monoisotopic (exact) mass is 283 g/mol. The molecule has 0 radical (unpaired) electrons. The molecule has 1 aliphatic carbocycles. The molecule has 19 heavy (non-hydrogen) atoms. The molecule has 0 aromatic heterocycles. The summed E-state index contributed by atoms with van der Waals surface area (Å²) in [6.45, 7) is 3.65. The van der Waals surface area contributed by atoms with E-state index in [-0.39, 0.29) is 6.04 Å². The van der Waals surface area contributed by atoms with Crippen LogP contribution in [0.2, 0.25) is 0 Å². The van der Waals surface area contributed by atoms with E-state index in [4.69, 9.17) is 0 Å². The molecule has 0 spiro atoms. The van der Waals surface area contributed by atoms with Gasteiger partial charge < -0.3 is 5.11 Å². The van der Waals surface area contributed by atoms with Gasteiger partial charge >= 0.3 is 0 Å². The van der Waals surface area contributed by atoms with Crippen LogP contribution in [0, 0.1) is 13.8 Å². The number of sulfonamides is 1. The molecule has 5 heteroatoms. The van der Waals surface area contributed by atoms with Crippen molar-refractivity contribution >= 4 is 10.0 Å². The number of aryl methyl sites for hydroxylation is 2. The van der Waals surface area contributed by atoms with Crippen LogP contribution in [0.25, 0.3) is 0 Å². The van der Waals surface area contributed by atoms with Crippen molar-refractivity contribution in [1.29, 1.82) is 0 Å². The van der Waals surface area contributed by atoms with Gasteiger partial charge in [-0.25, -0.2) is 13.1 Å². The second-order valence-corrected chi connectivity index (χ2v) is 7.03. The summed E-state index contributed by atoms with van der Waals surface area (Å²) in [5.74, 6) is 0. The van der Waals surface area contributed by atoms with Crippen LogP contribution in [0.3, 0.4) is 0 Å². The van der Waals surface area contributed by atoms with Gasteiger partial charge in [0.2, 0.25) is 10.0 Å². The lowest BCUT2D eigenvalue weighted by Gasteiger charge is -2.28. The van der Waals surface area contributed by atoms with Gasteiger partial charge in [-0.1, -0.05) is 25.0 Å². The maximum Gasteiger partial charge on any atom is 0.241 e. The molecule has 0 aliphatic heterocycles. The zero-order chi connectivity index (χ0) is 14.0. The molecule has 1 saturated carbocycles. The molecule has 1 aromatic carbocycles. The molecule has 0 unspecified atom stereocenters. The number of benzene rings is 1. The average molecular weight is 283 g/mol. The van der Waals surface area contributed by atoms with Crippen LogP contribution in [0.15, 0.2) is 23.1 Å². The number of rotatable bonds is 3. The lowest BCUT2D eigenvalue weighted by atomic mass is 9.93. The minimum atomic E-state index is -3.56. The molecule has 2 atom stereocenters. The van der Waals surface area contributed by atoms with Gasteiger partial charge in [-0.05, 0) is 43.9 Å². The molecule has 4 nitrogen and oxygen atoms in total. The molecule has 1 aromatic rings.